The molecule has 14 heavy (non-hydrogen) atoms. The van der Waals surface area contributed by atoms with E-state index >= 15 is 0 Å². The normalized spacial score (nSPS) is 10.6. The molecule has 1 rings (SSSR count). The second-order valence-electron chi connectivity index (χ2n) is 3.12. The lowest BCUT2D eigenvalue weighted by atomic mass is 10.1. The molecule has 0 saturated carbocycles. The van der Waals surface area contributed by atoms with Crippen molar-refractivity contribution in [2.45, 2.75) is 26.2 Å². The summed E-state index contributed by atoms with van der Waals surface area (Å²) < 4.78 is 29.9. The van der Waals surface area contributed by atoms with E-state index in [-0.39, 0.29) is 5.56 Å². The van der Waals surface area contributed by atoms with Crippen molar-refractivity contribution in [3.8, 4) is 5.75 Å². The Balaban J connectivity index is 3.01. The minimum Gasteiger partial charge on any atom is -0.496 e. The molecule has 0 atom stereocenters. The Morgan fingerprint density at radius 2 is 2.07 bits per heavy atom. The van der Waals surface area contributed by atoms with Crippen LogP contribution in [0.2, 0.25) is 0 Å². The first-order valence-electron chi connectivity index (χ1n) is 4.64. The molecule has 0 fully saturated rings. The van der Waals surface area contributed by atoms with Crippen LogP contribution in [-0.4, -0.2) is 7.11 Å². The SMILES string of the molecule is CCCc1cc(C(F)F)ccc1OC. The molecule has 1 aromatic carbocycles. The van der Waals surface area contributed by atoms with Gasteiger partial charge in [-0.05, 0) is 30.2 Å². The number of halogens is 2. The van der Waals surface area contributed by atoms with E-state index in [9.17, 15) is 8.78 Å². The van der Waals surface area contributed by atoms with Gasteiger partial charge in [0.1, 0.15) is 5.75 Å². The summed E-state index contributed by atoms with van der Waals surface area (Å²) in [6.07, 6.45) is -0.719. The van der Waals surface area contributed by atoms with Crippen molar-refractivity contribution in [2.75, 3.05) is 7.11 Å². The largest absolute Gasteiger partial charge is 0.496 e. The summed E-state index contributed by atoms with van der Waals surface area (Å²) in [5, 5.41) is 0. The number of aryl methyl sites for hydroxylation is 1. The van der Waals surface area contributed by atoms with Crippen LogP contribution in [0.15, 0.2) is 18.2 Å². The fourth-order valence-electron chi connectivity index (χ4n) is 1.40. The van der Waals surface area contributed by atoms with Gasteiger partial charge in [-0.1, -0.05) is 13.3 Å². The van der Waals surface area contributed by atoms with Crippen molar-refractivity contribution >= 4 is 0 Å². The maximum Gasteiger partial charge on any atom is 0.263 e. The summed E-state index contributed by atoms with van der Waals surface area (Å²) in [6.45, 7) is 2.01. The third-order valence-electron chi connectivity index (χ3n) is 2.08. The number of ether oxygens (including phenoxy) is 1. The van der Waals surface area contributed by atoms with E-state index in [1.807, 2.05) is 6.92 Å². The first-order valence-corrected chi connectivity index (χ1v) is 4.64. The molecule has 0 N–H and O–H groups in total. The second-order valence-corrected chi connectivity index (χ2v) is 3.12. The molecule has 0 aliphatic carbocycles. The Labute approximate surface area is 82.7 Å². The monoisotopic (exact) mass is 200 g/mol. The van der Waals surface area contributed by atoms with E-state index in [1.54, 1.807) is 13.2 Å². The van der Waals surface area contributed by atoms with Crippen molar-refractivity contribution in [1.29, 1.82) is 0 Å². The zero-order valence-electron chi connectivity index (χ0n) is 8.39. The second kappa shape index (κ2) is 4.94. The highest BCUT2D eigenvalue weighted by Crippen LogP contribution is 2.26. The third kappa shape index (κ3) is 2.44. The average molecular weight is 200 g/mol. The van der Waals surface area contributed by atoms with Crippen LogP contribution in [0.3, 0.4) is 0 Å². The number of alkyl halides is 2. The molecule has 0 amide bonds. The summed E-state index contributed by atoms with van der Waals surface area (Å²) in [5.41, 5.74) is 0.919. The first-order chi connectivity index (χ1) is 6.69. The average Bonchev–Trinajstić information content (AvgIpc) is 2.18. The zero-order chi connectivity index (χ0) is 10.6. The minimum atomic E-state index is -2.41. The number of hydrogen-bond acceptors (Lipinski definition) is 1. The van der Waals surface area contributed by atoms with Crippen molar-refractivity contribution in [3.05, 3.63) is 29.3 Å². The van der Waals surface area contributed by atoms with E-state index < -0.39 is 6.43 Å². The predicted octanol–water partition coefficient (Wildman–Crippen LogP) is 3.59. The zero-order valence-corrected chi connectivity index (χ0v) is 8.39. The number of methoxy groups -OCH3 is 1. The third-order valence-corrected chi connectivity index (χ3v) is 2.08. The number of benzene rings is 1. The van der Waals surface area contributed by atoms with Crippen molar-refractivity contribution in [3.63, 3.8) is 0 Å². The van der Waals surface area contributed by atoms with E-state index in [1.165, 1.54) is 12.1 Å². The smallest absolute Gasteiger partial charge is 0.263 e. The standard InChI is InChI=1S/C11H14F2O/c1-3-4-8-7-9(11(12)13)5-6-10(8)14-2/h5-7,11H,3-4H2,1-2H3. The van der Waals surface area contributed by atoms with Crippen LogP contribution in [0.5, 0.6) is 5.75 Å². The van der Waals surface area contributed by atoms with Crippen LogP contribution >= 0.6 is 0 Å². The molecule has 0 bridgehead atoms. The molecular formula is C11H14F2O. The van der Waals surface area contributed by atoms with Crippen molar-refractivity contribution in [1.82, 2.24) is 0 Å². The summed E-state index contributed by atoms with van der Waals surface area (Å²) in [5.74, 6) is 0.691. The molecule has 0 radical (unpaired) electrons. The Morgan fingerprint density at radius 3 is 2.57 bits per heavy atom. The van der Waals surface area contributed by atoms with Crippen molar-refractivity contribution < 1.29 is 13.5 Å². The van der Waals surface area contributed by atoms with Gasteiger partial charge in [0.05, 0.1) is 7.11 Å². The van der Waals surface area contributed by atoms with E-state index in [0.29, 0.717) is 5.75 Å². The van der Waals surface area contributed by atoms with Gasteiger partial charge in [-0.2, -0.15) is 0 Å². The van der Waals surface area contributed by atoms with Crippen LogP contribution in [-0.2, 0) is 6.42 Å². The van der Waals surface area contributed by atoms with Gasteiger partial charge >= 0.3 is 0 Å². The fraction of sp³-hybridized carbons (Fsp3) is 0.455. The van der Waals surface area contributed by atoms with Gasteiger partial charge in [-0.25, -0.2) is 8.78 Å². The van der Waals surface area contributed by atoms with Gasteiger partial charge in [0.25, 0.3) is 6.43 Å². The fourth-order valence-corrected chi connectivity index (χ4v) is 1.40. The quantitative estimate of drug-likeness (QED) is 0.721. The highest BCUT2D eigenvalue weighted by molar-refractivity contribution is 5.37. The summed E-state index contributed by atoms with van der Waals surface area (Å²) >= 11 is 0. The molecule has 0 heterocycles. The minimum absolute atomic E-state index is 0.0641. The summed E-state index contributed by atoms with van der Waals surface area (Å²) in [7, 11) is 1.55. The highest BCUT2D eigenvalue weighted by Gasteiger charge is 2.10. The Bertz CT molecular complexity index is 297. The van der Waals surface area contributed by atoms with E-state index in [0.717, 1.165) is 18.4 Å². The van der Waals surface area contributed by atoms with E-state index in [4.69, 9.17) is 4.74 Å². The molecule has 0 aliphatic rings. The summed E-state index contributed by atoms with van der Waals surface area (Å²) in [4.78, 5) is 0. The first kappa shape index (κ1) is 11.0. The highest BCUT2D eigenvalue weighted by atomic mass is 19.3. The molecular weight excluding hydrogens is 186 g/mol. The van der Waals surface area contributed by atoms with Gasteiger partial charge < -0.3 is 4.74 Å². The van der Waals surface area contributed by atoms with E-state index in [2.05, 4.69) is 0 Å². The van der Waals surface area contributed by atoms with Crippen LogP contribution in [0.4, 0.5) is 8.78 Å². The molecule has 0 aliphatic heterocycles. The van der Waals surface area contributed by atoms with Crippen molar-refractivity contribution in [2.24, 2.45) is 0 Å². The summed E-state index contributed by atoms with van der Waals surface area (Å²) in [6, 6.07) is 4.53. The number of hydrogen-bond donors (Lipinski definition) is 0. The van der Waals surface area contributed by atoms with Gasteiger partial charge in [-0.15, -0.1) is 0 Å². The molecule has 0 aromatic heterocycles. The maximum atomic E-state index is 12.4. The molecule has 3 heteroatoms. The molecule has 0 saturated heterocycles. The van der Waals surface area contributed by atoms with Crippen LogP contribution < -0.4 is 4.74 Å². The topological polar surface area (TPSA) is 9.23 Å². The Kier molecular flexibility index (Phi) is 3.86. The van der Waals surface area contributed by atoms with Gasteiger partial charge in [-0.3, -0.25) is 0 Å². The van der Waals surface area contributed by atoms with Gasteiger partial charge in [0, 0.05) is 5.56 Å². The lowest BCUT2D eigenvalue weighted by Gasteiger charge is -2.09. The molecule has 0 unspecified atom stereocenters. The van der Waals surface area contributed by atoms with Gasteiger partial charge in [0.2, 0.25) is 0 Å². The lowest BCUT2D eigenvalue weighted by molar-refractivity contribution is 0.151. The molecule has 78 valence electrons. The molecule has 0 spiro atoms. The van der Waals surface area contributed by atoms with Crippen LogP contribution in [0.25, 0.3) is 0 Å². The Morgan fingerprint density at radius 1 is 1.36 bits per heavy atom. The van der Waals surface area contributed by atoms with Crippen LogP contribution in [0, 0.1) is 0 Å². The number of rotatable bonds is 4. The lowest BCUT2D eigenvalue weighted by Crippen LogP contribution is -1.94. The maximum absolute atomic E-state index is 12.4. The molecule has 1 aromatic rings. The van der Waals surface area contributed by atoms with Crippen LogP contribution in [0.1, 0.15) is 30.9 Å². The molecule has 1 nitrogen and oxygen atoms in total. The van der Waals surface area contributed by atoms with Gasteiger partial charge in [0.15, 0.2) is 0 Å². The Hall–Kier alpha value is -1.12. The predicted molar refractivity (Wildman–Crippen MR) is 51.9 cm³/mol.